The molecule has 2 bridgehead atoms. The maximum Gasteiger partial charge on any atom is 0.407 e. The molecule has 2 saturated carbocycles. The molecule has 0 radical (unpaired) electrons. The standard InChI is InChI=1S/C40H50N8O4/c1-22(2)35(46-40(51)52-5)39(50)47-18-6-7-32(47)36-42-20-30(44-36)26-12-8-24(9-13-26)25-10-14-27(15-11-25)31-21-43-37(45-31)33-28-16-17-29(19-28)34(33)38(49)48(41)23(3)4/h8-15,20-23,28-29,32-35H,6-7,16-19,41H2,1-5H3,(H,42,44)(H,43,45)(H,46,51)/t28?,29?,32-,33?,34-,35-/m0/s1. The number of amides is 3. The predicted molar refractivity (Wildman–Crippen MR) is 198 cm³/mol. The van der Waals surface area contributed by atoms with Crippen LogP contribution in [-0.4, -0.2) is 73.5 Å². The van der Waals surface area contributed by atoms with Gasteiger partial charge < -0.3 is 24.9 Å². The number of fused-ring (bicyclic) bond motifs is 2. The minimum Gasteiger partial charge on any atom is -0.453 e. The Balaban J connectivity index is 1.02. The summed E-state index contributed by atoms with van der Waals surface area (Å²) in [6, 6.07) is 15.9. The number of imidazole rings is 2. The summed E-state index contributed by atoms with van der Waals surface area (Å²) in [6.45, 7) is 8.32. The maximum absolute atomic E-state index is 13.5. The second kappa shape index (κ2) is 14.6. The van der Waals surface area contributed by atoms with Crippen LogP contribution in [0, 0.1) is 23.7 Å². The van der Waals surface area contributed by atoms with Gasteiger partial charge in [0.15, 0.2) is 0 Å². The van der Waals surface area contributed by atoms with Crippen LogP contribution < -0.4 is 11.2 Å². The Morgan fingerprint density at radius 1 is 0.846 bits per heavy atom. The van der Waals surface area contributed by atoms with Crippen molar-refractivity contribution in [3.63, 3.8) is 0 Å². The molecule has 5 N–H and O–H groups in total. The predicted octanol–water partition coefficient (Wildman–Crippen LogP) is 6.42. The maximum atomic E-state index is 13.5. The molecule has 4 aromatic rings. The number of aromatic nitrogens is 4. The Morgan fingerprint density at radius 2 is 1.40 bits per heavy atom. The summed E-state index contributed by atoms with van der Waals surface area (Å²) in [5, 5.41) is 4.11. The number of hydrogen-bond donors (Lipinski definition) is 4. The van der Waals surface area contributed by atoms with Gasteiger partial charge in [-0.15, -0.1) is 0 Å². The van der Waals surface area contributed by atoms with E-state index in [0.717, 1.165) is 77.4 Å². The fourth-order valence-electron chi connectivity index (χ4n) is 8.65. The van der Waals surface area contributed by atoms with Gasteiger partial charge in [-0.3, -0.25) is 14.6 Å². The first kappa shape index (κ1) is 35.4. The number of hydrogen-bond acceptors (Lipinski definition) is 7. The average Bonchev–Trinajstić information content (AvgIpc) is 4.01. The highest BCUT2D eigenvalue weighted by molar-refractivity contribution is 5.86. The van der Waals surface area contributed by atoms with Crippen molar-refractivity contribution in [2.45, 2.75) is 83.8 Å². The average molecular weight is 707 g/mol. The lowest BCUT2D eigenvalue weighted by atomic mass is 9.78. The van der Waals surface area contributed by atoms with Crippen LogP contribution in [0.1, 0.15) is 83.4 Å². The summed E-state index contributed by atoms with van der Waals surface area (Å²) in [4.78, 5) is 57.2. The molecule has 3 heterocycles. The molecule has 2 aromatic carbocycles. The third-order valence-corrected chi connectivity index (χ3v) is 11.5. The molecule has 12 heteroatoms. The zero-order chi connectivity index (χ0) is 36.7. The van der Waals surface area contributed by atoms with E-state index >= 15 is 0 Å². The number of H-pyrrole nitrogens is 2. The number of likely N-dealkylation sites (tertiary alicyclic amines) is 1. The molecule has 3 amide bonds. The summed E-state index contributed by atoms with van der Waals surface area (Å²) in [5.74, 6) is 8.42. The SMILES string of the molecule is COC(=O)N[C@H](C(=O)N1CCC[C@H]1c1ncc(-c2ccc(-c3ccc(-c4cnc(C5C6CCC(C6)[C@@H]5C(=O)N(N)C(C)C)[nH]4)cc3)cc2)[nH]1)C(C)C. The van der Waals surface area contributed by atoms with Crippen molar-refractivity contribution in [2.24, 2.45) is 29.5 Å². The second-order valence-corrected chi connectivity index (χ2v) is 15.3. The van der Waals surface area contributed by atoms with Crippen molar-refractivity contribution in [2.75, 3.05) is 13.7 Å². The molecule has 6 atom stereocenters. The molecule has 7 rings (SSSR count). The van der Waals surface area contributed by atoms with Gasteiger partial charge in [-0.25, -0.2) is 20.6 Å². The number of alkyl carbamates (subject to hydrolysis) is 1. The molecule has 12 nitrogen and oxygen atoms in total. The normalized spacial score (nSPS) is 23.0. The van der Waals surface area contributed by atoms with Gasteiger partial charge in [-0.1, -0.05) is 62.4 Å². The topological polar surface area (TPSA) is 162 Å². The van der Waals surface area contributed by atoms with Gasteiger partial charge >= 0.3 is 6.09 Å². The number of nitrogens with zero attached hydrogens (tertiary/aromatic N) is 4. The van der Waals surface area contributed by atoms with E-state index in [1.807, 2.05) is 45.0 Å². The minimum atomic E-state index is -0.675. The Hall–Kier alpha value is -4.97. The van der Waals surface area contributed by atoms with E-state index in [9.17, 15) is 14.4 Å². The zero-order valence-corrected chi connectivity index (χ0v) is 30.6. The molecule has 274 valence electrons. The Labute approximate surface area is 304 Å². The van der Waals surface area contributed by atoms with E-state index in [1.54, 1.807) is 0 Å². The number of benzene rings is 2. The van der Waals surface area contributed by atoms with Crippen molar-refractivity contribution in [1.82, 2.24) is 35.2 Å². The van der Waals surface area contributed by atoms with Crippen LogP contribution in [0.3, 0.4) is 0 Å². The monoisotopic (exact) mass is 706 g/mol. The number of nitrogens with one attached hydrogen (secondary N) is 3. The summed E-state index contributed by atoms with van der Waals surface area (Å²) in [7, 11) is 1.30. The molecule has 1 aliphatic heterocycles. The molecule has 52 heavy (non-hydrogen) atoms. The molecule has 2 aromatic heterocycles. The highest BCUT2D eigenvalue weighted by Crippen LogP contribution is 2.56. The summed E-state index contributed by atoms with van der Waals surface area (Å²) in [5.41, 5.74) is 6.04. The zero-order valence-electron chi connectivity index (χ0n) is 30.6. The van der Waals surface area contributed by atoms with E-state index in [-0.39, 0.29) is 41.7 Å². The first-order valence-electron chi connectivity index (χ1n) is 18.6. The van der Waals surface area contributed by atoms with Gasteiger partial charge in [-0.05, 0) is 86.0 Å². The van der Waals surface area contributed by atoms with E-state index in [0.29, 0.717) is 18.4 Å². The van der Waals surface area contributed by atoms with Gasteiger partial charge in [0.05, 0.1) is 42.9 Å². The molecule has 3 aliphatic rings. The van der Waals surface area contributed by atoms with Crippen molar-refractivity contribution in [3.05, 3.63) is 72.6 Å². The molecule has 1 saturated heterocycles. The number of aromatic amines is 2. The van der Waals surface area contributed by atoms with Crippen molar-refractivity contribution in [1.29, 1.82) is 0 Å². The molecule has 3 unspecified atom stereocenters. The van der Waals surface area contributed by atoms with Crippen LogP contribution in [0.25, 0.3) is 33.6 Å². The van der Waals surface area contributed by atoms with Crippen LogP contribution >= 0.6 is 0 Å². The van der Waals surface area contributed by atoms with Gasteiger partial charge in [0.25, 0.3) is 0 Å². The van der Waals surface area contributed by atoms with Crippen LogP contribution in [0.15, 0.2) is 60.9 Å². The van der Waals surface area contributed by atoms with Crippen LogP contribution in [-0.2, 0) is 14.3 Å². The molecule has 0 spiro atoms. The lowest BCUT2D eigenvalue weighted by molar-refractivity contribution is -0.140. The number of hydrazine groups is 1. The quantitative estimate of drug-likeness (QED) is 0.0841. The number of ether oxygens (including phenoxy) is 1. The molecular formula is C40H50N8O4. The van der Waals surface area contributed by atoms with Gasteiger partial charge in [0.1, 0.15) is 17.7 Å². The first-order valence-corrected chi connectivity index (χ1v) is 18.6. The number of methoxy groups -OCH3 is 1. The van der Waals surface area contributed by atoms with Crippen molar-refractivity contribution in [3.8, 4) is 33.6 Å². The van der Waals surface area contributed by atoms with Crippen LogP contribution in [0.4, 0.5) is 4.79 Å². The molecule has 2 aliphatic carbocycles. The highest BCUT2D eigenvalue weighted by Gasteiger charge is 2.53. The largest absolute Gasteiger partial charge is 0.453 e. The third kappa shape index (κ3) is 6.71. The first-order chi connectivity index (χ1) is 25.0. The lowest BCUT2D eigenvalue weighted by Crippen LogP contribution is -2.51. The minimum absolute atomic E-state index is 0.0343. The smallest absolute Gasteiger partial charge is 0.407 e. The number of carbonyl (C=O) groups excluding carboxylic acids is 3. The van der Waals surface area contributed by atoms with Gasteiger partial charge in [0, 0.05) is 18.5 Å². The fourth-order valence-corrected chi connectivity index (χ4v) is 8.65. The van der Waals surface area contributed by atoms with Crippen molar-refractivity contribution >= 4 is 17.9 Å². The molecular weight excluding hydrogens is 656 g/mol. The van der Waals surface area contributed by atoms with E-state index in [1.165, 1.54) is 12.1 Å². The van der Waals surface area contributed by atoms with Gasteiger partial charge in [0.2, 0.25) is 11.8 Å². The van der Waals surface area contributed by atoms with Crippen LogP contribution in [0.5, 0.6) is 0 Å². The van der Waals surface area contributed by atoms with Crippen molar-refractivity contribution < 1.29 is 19.1 Å². The summed E-state index contributed by atoms with van der Waals surface area (Å²) < 4.78 is 4.76. The Morgan fingerprint density at radius 3 is 1.98 bits per heavy atom. The number of carbonyl (C=O) groups is 3. The number of nitrogens with two attached hydrogens (primary N) is 1. The third-order valence-electron chi connectivity index (χ3n) is 11.5. The van der Waals surface area contributed by atoms with E-state index < -0.39 is 12.1 Å². The van der Waals surface area contributed by atoms with E-state index in [2.05, 4.69) is 68.8 Å². The summed E-state index contributed by atoms with van der Waals surface area (Å²) >= 11 is 0. The lowest BCUT2D eigenvalue weighted by Gasteiger charge is -2.33. The second-order valence-electron chi connectivity index (χ2n) is 15.3. The van der Waals surface area contributed by atoms with E-state index in [4.69, 9.17) is 15.6 Å². The fraction of sp³-hybridized carbons (Fsp3) is 0.475. The van der Waals surface area contributed by atoms with Crippen LogP contribution in [0.2, 0.25) is 0 Å². The summed E-state index contributed by atoms with van der Waals surface area (Å²) in [6.07, 6.45) is 8.02. The Bertz CT molecular complexity index is 1900. The Kier molecular flexibility index (Phi) is 9.93. The van der Waals surface area contributed by atoms with Gasteiger partial charge in [-0.2, -0.15) is 0 Å². The highest BCUT2D eigenvalue weighted by atomic mass is 16.5. The molecule has 3 fully saturated rings. The number of rotatable bonds is 10.